The Kier molecular flexibility index (Phi) is 4.83. The van der Waals surface area contributed by atoms with Crippen LogP contribution in [-0.2, 0) is 6.54 Å². The molecule has 0 fully saturated rings. The van der Waals surface area contributed by atoms with Gasteiger partial charge in [0.1, 0.15) is 17.5 Å². The zero-order valence-electron chi connectivity index (χ0n) is 10.8. The third-order valence-corrected chi connectivity index (χ3v) is 3.54. The summed E-state index contributed by atoms with van der Waals surface area (Å²) < 4.78 is 41.9. The molecule has 2 rings (SSSR count). The monoisotopic (exact) mass is 343 g/mol. The Morgan fingerprint density at radius 2 is 1.80 bits per heavy atom. The average Bonchev–Trinajstić information content (AvgIpc) is 2.43. The molecule has 106 valence electrons. The van der Waals surface area contributed by atoms with Crippen molar-refractivity contribution in [1.29, 1.82) is 0 Å². The van der Waals surface area contributed by atoms with Crippen molar-refractivity contribution in [2.45, 2.75) is 13.5 Å². The molecule has 0 amide bonds. The van der Waals surface area contributed by atoms with Gasteiger partial charge < -0.3 is 5.32 Å². The molecule has 0 atom stereocenters. The van der Waals surface area contributed by atoms with Crippen LogP contribution in [0.2, 0.25) is 0 Å². The van der Waals surface area contributed by atoms with Crippen LogP contribution in [0.25, 0.3) is 11.1 Å². The van der Waals surface area contributed by atoms with Crippen LogP contribution < -0.4 is 5.32 Å². The summed E-state index contributed by atoms with van der Waals surface area (Å²) in [5.41, 5.74) is 0.289. The SMILES string of the molecule is CCNCc1ccc(-c2c(F)ccc(Br)c2F)c(F)c1. The highest BCUT2D eigenvalue weighted by Crippen LogP contribution is 2.32. The molecule has 0 aromatic heterocycles. The zero-order valence-corrected chi connectivity index (χ0v) is 12.4. The van der Waals surface area contributed by atoms with Crippen LogP contribution >= 0.6 is 15.9 Å². The molecule has 2 aromatic carbocycles. The molecule has 1 nitrogen and oxygen atoms in total. The van der Waals surface area contributed by atoms with Gasteiger partial charge in [-0.1, -0.05) is 19.1 Å². The molecule has 0 aliphatic heterocycles. The minimum absolute atomic E-state index is 0.0819. The van der Waals surface area contributed by atoms with Gasteiger partial charge in [-0.05, 0) is 46.2 Å². The van der Waals surface area contributed by atoms with E-state index in [0.29, 0.717) is 6.54 Å². The Bertz CT molecular complexity index is 629. The first-order valence-electron chi connectivity index (χ1n) is 6.17. The van der Waals surface area contributed by atoms with Crippen LogP contribution in [0.5, 0.6) is 0 Å². The van der Waals surface area contributed by atoms with Crippen molar-refractivity contribution in [3.05, 3.63) is 57.8 Å². The topological polar surface area (TPSA) is 12.0 Å². The van der Waals surface area contributed by atoms with E-state index in [1.807, 2.05) is 6.92 Å². The van der Waals surface area contributed by atoms with E-state index in [1.54, 1.807) is 6.07 Å². The summed E-state index contributed by atoms with van der Waals surface area (Å²) >= 11 is 2.98. The van der Waals surface area contributed by atoms with Crippen LogP contribution in [0.3, 0.4) is 0 Å². The van der Waals surface area contributed by atoms with Gasteiger partial charge in [0.2, 0.25) is 0 Å². The van der Waals surface area contributed by atoms with Gasteiger partial charge in [-0.2, -0.15) is 0 Å². The van der Waals surface area contributed by atoms with Crippen LogP contribution in [0.4, 0.5) is 13.2 Å². The predicted octanol–water partition coefficient (Wildman–Crippen LogP) is 4.64. The molecule has 0 radical (unpaired) electrons. The predicted molar refractivity (Wildman–Crippen MR) is 76.8 cm³/mol. The lowest BCUT2D eigenvalue weighted by Gasteiger charge is -2.10. The third kappa shape index (κ3) is 3.04. The fourth-order valence-corrected chi connectivity index (χ4v) is 2.25. The molecule has 0 bridgehead atoms. The van der Waals surface area contributed by atoms with Crippen LogP contribution in [-0.4, -0.2) is 6.54 Å². The number of nitrogens with one attached hydrogen (secondary N) is 1. The van der Waals surface area contributed by atoms with E-state index in [-0.39, 0.29) is 15.6 Å². The second-order valence-electron chi connectivity index (χ2n) is 4.31. The highest BCUT2D eigenvalue weighted by Gasteiger charge is 2.17. The van der Waals surface area contributed by atoms with Gasteiger partial charge in [0.05, 0.1) is 10.0 Å². The van der Waals surface area contributed by atoms with Gasteiger partial charge in [-0.25, -0.2) is 13.2 Å². The molecule has 20 heavy (non-hydrogen) atoms. The first-order chi connectivity index (χ1) is 9.54. The fraction of sp³-hybridized carbons (Fsp3) is 0.200. The lowest BCUT2D eigenvalue weighted by atomic mass is 10.0. The highest BCUT2D eigenvalue weighted by atomic mass is 79.9. The second kappa shape index (κ2) is 6.41. The Morgan fingerprint density at radius 1 is 1.05 bits per heavy atom. The van der Waals surface area contributed by atoms with E-state index in [9.17, 15) is 13.2 Å². The summed E-state index contributed by atoms with van der Waals surface area (Å²) in [7, 11) is 0. The van der Waals surface area contributed by atoms with Crippen molar-refractivity contribution in [3.63, 3.8) is 0 Å². The maximum Gasteiger partial charge on any atom is 0.148 e. The van der Waals surface area contributed by atoms with Gasteiger partial charge in [0, 0.05) is 12.1 Å². The summed E-state index contributed by atoms with van der Waals surface area (Å²) in [6, 6.07) is 6.70. The number of halogens is 4. The molecule has 0 saturated carbocycles. The Morgan fingerprint density at radius 3 is 2.45 bits per heavy atom. The molecule has 2 aromatic rings. The standard InChI is InChI=1S/C15H13BrF3N/c1-2-20-8-9-3-4-10(13(18)7-9)14-12(17)6-5-11(16)15(14)19/h3-7,20H,2,8H2,1H3. The average molecular weight is 344 g/mol. The Hall–Kier alpha value is -1.33. The number of rotatable bonds is 4. The summed E-state index contributed by atoms with van der Waals surface area (Å²) in [5.74, 6) is -2.23. The summed E-state index contributed by atoms with van der Waals surface area (Å²) in [4.78, 5) is 0. The molecule has 0 heterocycles. The van der Waals surface area contributed by atoms with Gasteiger partial charge in [-0.15, -0.1) is 0 Å². The normalized spacial score (nSPS) is 10.8. The summed E-state index contributed by atoms with van der Waals surface area (Å²) in [6.45, 7) is 3.21. The van der Waals surface area contributed by atoms with Crippen molar-refractivity contribution in [1.82, 2.24) is 5.32 Å². The Labute approximate surface area is 123 Å². The largest absolute Gasteiger partial charge is 0.313 e. The van der Waals surface area contributed by atoms with E-state index < -0.39 is 17.5 Å². The molecule has 0 unspecified atom stereocenters. The van der Waals surface area contributed by atoms with Crippen molar-refractivity contribution in [2.24, 2.45) is 0 Å². The van der Waals surface area contributed by atoms with Crippen molar-refractivity contribution >= 4 is 15.9 Å². The molecular weight excluding hydrogens is 331 g/mol. The van der Waals surface area contributed by atoms with E-state index in [1.165, 1.54) is 18.2 Å². The maximum atomic E-state index is 14.1. The lowest BCUT2D eigenvalue weighted by molar-refractivity contribution is 0.577. The zero-order chi connectivity index (χ0) is 14.7. The number of hydrogen-bond donors (Lipinski definition) is 1. The highest BCUT2D eigenvalue weighted by molar-refractivity contribution is 9.10. The van der Waals surface area contributed by atoms with Crippen LogP contribution in [0.15, 0.2) is 34.8 Å². The minimum Gasteiger partial charge on any atom is -0.313 e. The van der Waals surface area contributed by atoms with Gasteiger partial charge in [0.25, 0.3) is 0 Å². The second-order valence-corrected chi connectivity index (χ2v) is 5.17. The molecule has 0 aliphatic carbocycles. The minimum atomic E-state index is -0.802. The third-order valence-electron chi connectivity index (χ3n) is 2.93. The maximum absolute atomic E-state index is 14.1. The van der Waals surface area contributed by atoms with Crippen molar-refractivity contribution < 1.29 is 13.2 Å². The Balaban J connectivity index is 2.46. The van der Waals surface area contributed by atoms with E-state index >= 15 is 0 Å². The molecule has 0 aliphatic rings. The van der Waals surface area contributed by atoms with Crippen molar-refractivity contribution in [3.8, 4) is 11.1 Å². The molecular formula is C15H13BrF3N. The molecule has 1 N–H and O–H groups in total. The van der Waals surface area contributed by atoms with E-state index in [0.717, 1.165) is 18.2 Å². The van der Waals surface area contributed by atoms with Gasteiger partial charge in [0.15, 0.2) is 0 Å². The quantitative estimate of drug-likeness (QED) is 0.797. The van der Waals surface area contributed by atoms with Gasteiger partial charge >= 0.3 is 0 Å². The molecule has 0 spiro atoms. The van der Waals surface area contributed by atoms with Crippen LogP contribution in [0, 0.1) is 17.5 Å². The molecule has 5 heteroatoms. The van der Waals surface area contributed by atoms with Gasteiger partial charge in [-0.3, -0.25) is 0 Å². The van der Waals surface area contributed by atoms with Crippen molar-refractivity contribution in [2.75, 3.05) is 6.54 Å². The summed E-state index contributed by atoms with van der Waals surface area (Å²) in [5, 5.41) is 3.06. The van der Waals surface area contributed by atoms with Crippen LogP contribution in [0.1, 0.15) is 12.5 Å². The number of hydrogen-bond acceptors (Lipinski definition) is 1. The molecule has 0 saturated heterocycles. The first kappa shape index (κ1) is 15.1. The smallest absolute Gasteiger partial charge is 0.148 e. The number of benzene rings is 2. The summed E-state index contributed by atoms with van der Waals surface area (Å²) in [6.07, 6.45) is 0. The first-order valence-corrected chi connectivity index (χ1v) is 6.97. The lowest BCUT2D eigenvalue weighted by Crippen LogP contribution is -2.11. The fourth-order valence-electron chi connectivity index (χ4n) is 1.91. The van der Waals surface area contributed by atoms with E-state index in [2.05, 4.69) is 21.2 Å². The van der Waals surface area contributed by atoms with E-state index in [4.69, 9.17) is 0 Å².